The Balaban J connectivity index is 2.30. The summed E-state index contributed by atoms with van der Waals surface area (Å²) in [6, 6.07) is 6.82. The third-order valence-corrected chi connectivity index (χ3v) is 3.45. The van der Waals surface area contributed by atoms with Gasteiger partial charge in [-0.05, 0) is 35.7 Å². The molecule has 0 radical (unpaired) electrons. The van der Waals surface area contributed by atoms with Gasteiger partial charge >= 0.3 is 5.97 Å². The number of hydrogen-bond donors (Lipinski definition) is 1. The maximum atomic E-state index is 12.9. The zero-order chi connectivity index (χ0) is 14.7. The van der Waals surface area contributed by atoms with Crippen molar-refractivity contribution >= 4 is 29.2 Å². The predicted octanol–water partition coefficient (Wildman–Crippen LogP) is 3.94. The van der Waals surface area contributed by atoms with Crippen molar-refractivity contribution in [2.75, 3.05) is 0 Å². The van der Waals surface area contributed by atoms with Gasteiger partial charge < -0.3 is 5.11 Å². The third kappa shape index (κ3) is 3.46. The molecule has 2 aromatic rings. The average Bonchev–Trinajstić information content (AvgIpc) is 2.39. The summed E-state index contributed by atoms with van der Waals surface area (Å²) in [4.78, 5) is 15.3. The fourth-order valence-corrected chi connectivity index (χ4v) is 2.29. The van der Waals surface area contributed by atoms with Gasteiger partial charge in [-0.2, -0.15) is 0 Å². The maximum absolute atomic E-state index is 12.9. The van der Waals surface area contributed by atoms with Crippen molar-refractivity contribution in [3.63, 3.8) is 0 Å². The Labute approximate surface area is 125 Å². The van der Waals surface area contributed by atoms with Crippen molar-refractivity contribution in [3.8, 4) is 0 Å². The summed E-state index contributed by atoms with van der Waals surface area (Å²) in [5.41, 5.74) is 1.08. The SMILES string of the molecule is O=C(O)C(Cc1cnc(Cl)cc1Cl)c1ccc(F)cc1. The van der Waals surface area contributed by atoms with Gasteiger partial charge in [-0.3, -0.25) is 4.79 Å². The Morgan fingerprint density at radius 3 is 2.50 bits per heavy atom. The summed E-state index contributed by atoms with van der Waals surface area (Å²) in [6.07, 6.45) is 1.61. The van der Waals surface area contributed by atoms with Gasteiger partial charge in [-0.15, -0.1) is 0 Å². The first-order valence-electron chi connectivity index (χ1n) is 5.75. The number of carbonyl (C=O) groups is 1. The molecule has 6 heteroatoms. The molecule has 20 heavy (non-hydrogen) atoms. The Bertz CT molecular complexity index is 632. The molecule has 0 bridgehead atoms. The van der Waals surface area contributed by atoms with Crippen LogP contribution in [0.5, 0.6) is 0 Å². The summed E-state index contributed by atoms with van der Waals surface area (Å²) >= 11 is 11.7. The minimum Gasteiger partial charge on any atom is -0.481 e. The molecule has 1 atom stereocenters. The molecule has 1 unspecified atom stereocenters. The van der Waals surface area contributed by atoms with E-state index in [0.717, 1.165) is 0 Å². The predicted molar refractivity (Wildman–Crippen MR) is 74.7 cm³/mol. The lowest BCUT2D eigenvalue weighted by molar-refractivity contribution is -0.138. The molecular formula is C14H10Cl2FNO2. The van der Waals surface area contributed by atoms with Gasteiger partial charge in [0.15, 0.2) is 0 Å². The van der Waals surface area contributed by atoms with E-state index in [9.17, 15) is 14.3 Å². The molecule has 1 aromatic heterocycles. The fraction of sp³-hybridized carbons (Fsp3) is 0.143. The first-order chi connectivity index (χ1) is 9.47. The van der Waals surface area contributed by atoms with E-state index in [4.69, 9.17) is 23.2 Å². The van der Waals surface area contributed by atoms with Crippen molar-refractivity contribution in [1.29, 1.82) is 0 Å². The number of carboxylic acid groups (broad SMARTS) is 1. The normalized spacial score (nSPS) is 12.2. The summed E-state index contributed by atoms with van der Waals surface area (Å²) in [5.74, 6) is -2.25. The van der Waals surface area contributed by atoms with Gasteiger partial charge in [0, 0.05) is 11.2 Å². The highest BCUT2D eigenvalue weighted by Gasteiger charge is 2.21. The summed E-state index contributed by atoms with van der Waals surface area (Å²) < 4.78 is 12.9. The molecule has 0 saturated carbocycles. The van der Waals surface area contributed by atoms with Crippen LogP contribution < -0.4 is 0 Å². The van der Waals surface area contributed by atoms with Crippen LogP contribution in [0.25, 0.3) is 0 Å². The number of aliphatic carboxylic acids is 1. The molecule has 0 aliphatic carbocycles. The largest absolute Gasteiger partial charge is 0.481 e. The highest BCUT2D eigenvalue weighted by atomic mass is 35.5. The topological polar surface area (TPSA) is 50.2 Å². The molecule has 0 saturated heterocycles. The monoisotopic (exact) mass is 313 g/mol. The molecule has 0 spiro atoms. The van der Waals surface area contributed by atoms with E-state index < -0.39 is 17.7 Å². The highest BCUT2D eigenvalue weighted by Crippen LogP contribution is 2.26. The molecule has 1 heterocycles. The standard InChI is InChI=1S/C14H10Cl2FNO2/c15-12-6-13(16)18-7-9(12)5-11(14(19)20)8-1-3-10(17)4-2-8/h1-4,6-7,11H,5H2,(H,19,20). The van der Waals surface area contributed by atoms with Crippen molar-refractivity contribution in [2.24, 2.45) is 0 Å². The smallest absolute Gasteiger partial charge is 0.311 e. The lowest BCUT2D eigenvalue weighted by Crippen LogP contribution is -2.15. The van der Waals surface area contributed by atoms with Crippen LogP contribution in [0.4, 0.5) is 4.39 Å². The minimum atomic E-state index is -1.01. The number of benzene rings is 1. The quantitative estimate of drug-likeness (QED) is 0.870. The van der Waals surface area contributed by atoms with Crippen LogP contribution >= 0.6 is 23.2 Å². The number of hydrogen-bond acceptors (Lipinski definition) is 2. The van der Waals surface area contributed by atoms with Gasteiger partial charge in [-0.25, -0.2) is 9.37 Å². The van der Waals surface area contributed by atoms with Crippen molar-refractivity contribution in [1.82, 2.24) is 4.98 Å². The number of carboxylic acids is 1. The van der Waals surface area contributed by atoms with Crippen LogP contribution in [-0.2, 0) is 11.2 Å². The Hall–Kier alpha value is -1.65. The Morgan fingerprint density at radius 2 is 1.95 bits per heavy atom. The van der Waals surface area contributed by atoms with E-state index in [1.807, 2.05) is 0 Å². The van der Waals surface area contributed by atoms with Crippen LogP contribution in [0.1, 0.15) is 17.0 Å². The number of halogens is 3. The first kappa shape index (κ1) is 14.8. The zero-order valence-electron chi connectivity index (χ0n) is 10.2. The number of pyridine rings is 1. The molecule has 3 nitrogen and oxygen atoms in total. The van der Waals surface area contributed by atoms with Crippen LogP contribution in [0.15, 0.2) is 36.5 Å². The number of nitrogens with zero attached hydrogens (tertiary/aromatic N) is 1. The molecular weight excluding hydrogens is 304 g/mol. The lowest BCUT2D eigenvalue weighted by atomic mass is 9.93. The third-order valence-electron chi connectivity index (χ3n) is 2.89. The summed E-state index contributed by atoms with van der Waals surface area (Å²) in [7, 11) is 0. The average molecular weight is 314 g/mol. The van der Waals surface area contributed by atoms with Gasteiger partial charge in [0.2, 0.25) is 0 Å². The van der Waals surface area contributed by atoms with Crippen molar-refractivity contribution in [2.45, 2.75) is 12.3 Å². The van der Waals surface area contributed by atoms with E-state index in [-0.39, 0.29) is 11.6 Å². The second-order valence-electron chi connectivity index (χ2n) is 4.24. The maximum Gasteiger partial charge on any atom is 0.311 e. The lowest BCUT2D eigenvalue weighted by Gasteiger charge is -2.13. The van der Waals surface area contributed by atoms with E-state index in [1.165, 1.54) is 36.5 Å². The summed E-state index contributed by atoms with van der Waals surface area (Å²) in [5, 5.41) is 9.92. The number of rotatable bonds is 4. The molecule has 1 aromatic carbocycles. The molecule has 104 valence electrons. The minimum absolute atomic E-state index is 0.157. The van der Waals surface area contributed by atoms with Gasteiger partial charge in [0.1, 0.15) is 11.0 Å². The van der Waals surface area contributed by atoms with Crippen LogP contribution in [-0.4, -0.2) is 16.1 Å². The van der Waals surface area contributed by atoms with Crippen LogP contribution in [0, 0.1) is 5.82 Å². The summed E-state index contributed by atoms with van der Waals surface area (Å²) in [6.45, 7) is 0. The van der Waals surface area contributed by atoms with E-state index in [0.29, 0.717) is 16.1 Å². The Kier molecular flexibility index (Phi) is 4.57. The second-order valence-corrected chi connectivity index (χ2v) is 5.04. The first-order valence-corrected chi connectivity index (χ1v) is 6.51. The fourth-order valence-electron chi connectivity index (χ4n) is 1.85. The second kappa shape index (κ2) is 6.20. The molecule has 0 aliphatic heterocycles. The van der Waals surface area contributed by atoms with E-state index in [2.05, 4.69) is 4.98 Å². The molecule has 0 amide bonds. The highest BCUT2D eigenvalue weighted by molar-refractivity contribution is 6.34. The molecule has 2 rings (SSSR count). The Morgan fingerprint density at radius 1 is 1.30 bits per heavy atom. The van der Waals surface area contributed by atoms with Gasteiger partial charge in [-0.1, -0.05) is 35.3 Å². The zero-order valence-corrected chi connectivity index (χ0v) is 11.7. The van der Waals surface area contributed by atoms with Crippen molar-refractivity contribution in [3.05, 3.63) is 63.6 Å². The van der Waals surface area contributed by atoms with Crippen LogP contribution in [0.2, 0.25) is 10.2 Å². The molecule has 0 fully saturated rings. The van der Waals surface area contributed by atoms with E-state index in [1.54, 1.807) is 0 Å². The van der Waals surface area contributed by atoms with Crippen LogP contribution in [0.3, 0.4) is 0 Å². The molecule has 1 N–H and O–H groups in total. The van der Waals surface area contributed by atoms with E-state index >= 15 is 0 Å². The van der Waals surface area contributed by atoms with Crippen molar-refractivity contribution < 1.29 is 14.3 Å². The number of aromatic nitrogens is 1. The van der Waals surface area contributed by atoms with Gasteiger partial charge in [0.05, 0.1) is 5.92 Å². The van der Waals surface area contributed by atoms with Gasteiger partial charge in [0.25, 0.3) is 0 Å². The molecule has 0 aliphatic rings.